The molecule has 0 aliphatic rings. The summed E-state index contributed by atoms with van der Waals surface area (Å²) in [6, 6.07) is 11.5. The Bertz CT molecular complexity index is 663. The molecule has 2 rings (SSSR count). The minimum absolute atomic E-state index is 0.269. The third-order valence-corrected chi connectivity index (χ3v) is 2.94. The van der Waals surface area contributed by atoms with E-state index in [9.17, 15) is 9.59 Å². The zero-order valence-electron chi connectivity index (χ0n) is 11.0. The molecule has 0 atom stereocenters. The van der Waals surface area contributed by atoms with Crippen LogP contribution >= 0.6 is 0 Å². The number of carbonyl (C=O) groups excluding carboxylic acids is 2. The van der Waals surface area contributed by atoms with E-state index in [0.717, 1.165) is 5.56 Å². The van der Waals surface area contributed by atoms with Gasteiger partial charge < -0.3 is 16.8 Å². The van der Waals surface area contributed by atoms with Crippen molar-refractivity contribution in [3.8, 4) is 0 Å². The van der Waals surface area contributed by atoms with Crippen LogP contribution in [-0.2, 0) is 0 Å². The van der Waals surface area contributed by atoms with Crippen LogP contribution in [0.3, 0.4) is 0 Å². The molecule has 0 aliphatic carbocycles. The molecule has 102 valence electrons. The lowest BCUT2D eigenvalue weighted by Crippen LogP contribution is -2.15. The van der Waals surface area contributed by atoms with E-state index in [2.05, 4.69) is 5.32 Å². The molecule has 0 unspecified atom stereocenters. The molecular formula is C15H15N3O2. The van der Waals surface area contributed by atoms with Crippen molar-refractivity contribution in [2.45, 2.75) is 6.92 Å². The lowest BCUT2D eigenvalue weighted by atomic mass is 10.1. The number of amides is 2. The first kappa shape index (κ1) is 13.6. The molecule has 2 aromatic carbocycles. The monoisotopic (exact) mass is 269 g/mol. The van der Waals surface area contributed by atoms with Gasteiger partial charge in [0, 0.05) is 22.5 Å². The Morgan fingerprint density at radius 1 is 1.00 bits per heavy atom. The molecule has 0 aromatic heterocycles. The SMILES string of the molecule is Cc1ccc(C(N)=O)cc1NC(=O)c1ccc(N)cc1. The Morgan fingerprint density at radius 2 is 1.60 bits per heavy atom. The lowest BCUT2D eigenvalue weighted by molar-refractivity contribution is 0.0996. The second-order valence-corrected chi connectivity index (χ2v) is 4.47. The molecule has 0 fully saturated rings. The molecule has 0 radical (unpaired) electrons. The number of anilines is 2. The average Bonchev–Trinajstić information content (AvgIpc) is 2.41. The minimum Gasteiger partial charge on any atom is -0.399 e. The Kier molecular flexibility index (Phi) is 3.70. The summed E-state index contributed by atoms with van der Waals surface area (Å²) >= 11 is 0. The third kappa shape index (κ3) is 2.95. The smallest absolute Gasteiger partial charge is 0.255 e. The van der Waals surface area contributed by atoms with Crippen molar-refractivity contribution in [3.05, 3.63) is 59.2 Å². The number of nitrogens with two attached hydrogens (primary N) is 2. The summed E-state index contributed by atoms with van der Waals surface area (Å²) in [4.78, 5) is 23.2. The standard InChI is InChI=1S/C15H15N3O2/c1-9-2-3-11(14(17)19)8-13(9)18-15(20)10-4-6-12(16)7-5-10/h2-8H,16H2,1H3,(H2,17,19)(H,18,20). The van der Waals surface area contributed by atoms with Crippen LogP contribution in [0.2, 0.25) is 0 Å². The van der Waals surface area contributed by atoms with Gasteiger partial charge >= 0.3 is 0 Å². The predicted molar refractivity (Wildman–Crippen MR) is 78.5 cm³/mol. The molecule has 0 bridgehead atoms. The highest BCUT2D eigenvalue weighted by Gasteiger charge is 2.09. The topological polar surface area (TPSA) is 98.2 Å². The van der Waals surface area contributed by atoms with Crippen molar-refractivity contribution >= 4 is 23.2 Å². The molecule has 5 heteroatoms. The predicted octanol–water partition coefficient (Wildman–Crippen LogP) is 1.93. The molecule has 2 amide bonds. The fourth-order valence-electron chi connectivity index (χ4n) is 1.74. The van der Waals surface area contributed by atoms with Gasteiger partial charge in [0.25, 0.3) is 5.91 Å². The summed E-state index contributed by atoms with van der Waals surface area (Å²) in [5.41, 5.74) is 13.6. The quantitative estimate of drug-likeness (QED) is 0.742. The normalized spacial score (nSPS) is 10.1. The number of carbonyl (C=O) groups is 2. The van der Waals surface area contributed by atoms with E-state index in [0.29, 0.717) is 22.5 Å². The van der Waals surface area contributed by atoms with E-state index in [1.807, 2.05) is 6.92 Å². The maximum Gasteiger partial charge on any atom is 0.255 e. The number of aryl methyl sites for hydroxylation is 1. The van der Waals surface area contributed by atoms with Gasteiger partial charge in [0.2, 0.25) is 5.91 Å². The van der Waals surface area contributed by atoms with Crippen molar-refractivity contribution in [2.24, 2.45) is 5.73 Å². The van der Waals surface area contributed by atoms with Gasteiger partial charge in [-0.3, -0.25) is 9.59 Å². The number of nitrogen functional groups attached to an aromatic ring is 1. The van der Waals surface area contributed by atoms with Gasteiger partial charge in [-0.25, -0.2) is 0 Å². The van der Waals surface area contributed by atoms with Crippen LogP contribution in [0.1, 0.15) is 26.3 Å². The van der Waals surface area contributed by atoms with E-state index in [4.69, 9.17) is 11.5 Å². The summed E-state index contributed by atoms with van der Waals surface area (Å²) in [6.45, 7) is 1.84. The van der Waals surface area contributed by atoms with Gasteiger partial charge in [-0.05, 0) is 48.9 Å². The second-order valence-electron chi connectivity index (χ2n) is 4.47. The van der Waals surface area contributed by atoms with E-state index < -0.39 is 5.91 Å². The first-order chi connectivity index (χ1) is 9.47. The maximum absolute atomic E-state index is 12.1. The van der Waals surface area contributed by atoms with Gasteiger partial charge in [-0.2, -0.15) is 0 Å². The summed E-state index contributed by atoms with van der Waals surface area (Å²) < 4.78 is 0. The van der Waals surface area contributed by atoms with Crippen molar-refractivity contribution < 1.29 is 9.59 Å². The van der Waals surface area contributed by atoms with E-state index >= 15 is 0 Å². The summed E-state index contributed by atoms with van der Waals surface area (Å²) in [6.07, 6.45) is 0. The zero-order valence-corrected chi connectivity index (χ0v) is 11.0. The first-order valence-electron chi connectivity index (χ1n) is 6.04. The first-order valence-corrected chi connectivity index (χ1v) is 6.04. The molecule has 2 aromatic rings. The molecule has 0 saturated carbocycles. The molecule has 0 aliphatic heterocycles. The van der Waals surface area contributed by atoms with Crippen molar-refractivity contribution in [1.29, 1.82) is 0 Å². The Balaban J connectivity index is 2.25. The van der Waals surface area contributed by atoms with Crippen LogP contribution in [0.4, 0.5) is 11.4 Å². The second kappa shape index (κ2) is 5.44. The molecular weight excluding hydrogens is 254 g/mol. The number of hydrogen-bond acceptors (Lipinski definition) is 3. The number of rotatable bonds is 3. The van der Waals surface area contributed by atoms with Gasteiger partial charge in [0.15, 0.2) is 0 Å². The van der Waals surface area contributed by atoms with Crippen LogP contribution in [0.5, 0.6) is 0 Å². The molecule has 20 heavy (non-hydrogen) atoms. The number of hydrogen-bond donors (Lipinski definition) is 3. The highest BCUT2D eigenvalue weighted by atomic mass is 16.2. The fraction of sp³-hybridized carbons (Fsp3) is 0.0667. The van der Waals surface area contributed by atoms with Crippen molar-refractivity contribution in [3.63, 3.8) is 0 Å². The van der Waals surface area contributed by atoms with Gasteiger partial charge in [0.1, 0.15) is 0 Å². The number of benzene rings is 2. The third-order valence-electron chi connectivity index (χ3n) is 2.94. The van der Waals surface area contributed by atoms with Gasteiger partial charge in [-0.1, -0.05) is 6.07 Å². The molecule has 0 spiro atoms. The minimum atomic E-state index is -0.534. The van der Waals surface area contributed by atoms with E-state index in [1.165, 1.54) is 0 Å². The van der Waals surface area contributed by atoms with Crippen LogP contribution in [0, 0.1) is 6.92 Å². The summed E-state index contributed by atoms with van der Waals surface area (Å²) in [5.74, 6) is -0.803. The van der Waals surface area contributed by atoms with Crippen LogP contribution in [0.25, 0.3) is 0 Å². The van der Waals surface area contributed by atoms with Gasteiger partial charge in [-0.15, -0.1) is 0 Å². The zero-order chi connectivity index (χ0) is 14.7. The largest absolute Gasteiger partial charge is 0.399 e. The number of primary amides is 1. The summed E-state index contributed by atoms with van der Waals surface area (Å²) in [5, 5.41) is 2.75. The van der Waals surface area contributed by atoms with Crippen LogP contribution in [-0.4, -0.2) is 11.8 Å². The molecule has 5 N–H and O–H groups in total. The lowest BCUT2D eigenvalue weighted by Gasteiger charge is -2.09. The molecule has 5 nitrogen and oxygen atoms in total. The highest BCUT2D eigenvalue weighted by Crippen LogP contribution is 2.18. The highest BCUT2D eigenvalue weighted by molar-refractivity contribution is 6.05. The summed E-state index contributed by atoms with van der Waals surface area (Å²) in [7, 11) is 0. The Morgan fingerprint density at radius 3 is 2.20 bits per heavy atom. The van der Waals surface area contributed by atoms with E-state index in [1.54, 1.807) is 42.5 Å². The van der Waals surface area contributed by atoms with Crippen LogP contribution in [0.15, 0.2) is 42.5 Å². The Hall–Kier alpha value is -2.82. The molecule has 0 heterocycles. The fourth-order valence-corrected chi connectivity index (χ4v) is 1.74. The van der Waals surface area contributed by atoms with E-state index in [-0.39, 0.29) is 5.91 Å². The Labute approximate surface area is 116 Å². The van der Waals surface area contributed by atoms with Crippen molar-refractivity contribution in [1.82, 2.24) is 0 Å². The number of nitrogens with one attached hydrogen (secondary N) is 1. The molecule has 0 saturated heterocycles. The average molecular weight is 269 g/mol. The van der Waals surface area contributed by atoms with Gasteiger partial charge in [0.05, 0.1) is 0 Å². The maximum atomic E-state index is 12.1. The van der Waals surface area contributed by atoms with Crippen LogP contribution < -0.4 is 16.8 Å². The van der Waals surface area contributed by atoms with Crippen molar-refractivity contribution in [2.75, 3.05) is 11.1 Å².